The van der Waals surface area contributed by atoms with E-state index in [0.29, 0.717) is 21.4 Å². The average Bonchev–Trinajstić information content (AvgIpc) is 2.96. The molecule has 156 valence electrons. The van der Waals surface area contributed by atoms with E-state index in [1.165, 1.54) is 0 Å². The van der Waals surface area contributed by atoms with Crippen molar-refractivity contribution in [1.82, 2.24) is 4.90 Å². The predicted molar refractivity (Wildman–Crippen MR) is 117 cm³/mol. The smallest absolute Gasteiger partial charge is 0.326 e. The maximum Gasteiger partial charge on any atom is 0.326 e. The summed E-state index contributed by atoms with van der Waals surface area (Å²) in [5.74, 6) is -0.521. The molecule has 0 bridgehead atoms. The number of nitrogens with zero attached hydrogens (tertiary/aromatic N) is 1. The van der Waals surface area contributed by atoms with Gasteiger partial charge in [-0.25, -0.2) is 0 Å². The zero-order valence-electron chi connectivity index (χ0n) is 15.9. The molecule has 1 heterocycles. The van der Waals surface area contributed by atoms with E-state index < -0.39 is 23.7 Å². The molecular weight excluding hydrogens is 449 g/mol. The first kappa shape index (κ1) is 22.2. The summed E-state index contributed by atoms with van der Waals surface area (Å²) in [6.45, 7) is 1.73. The van der Waals surface area contributed by atoms with E-state index in [1.54, 1.807) is 55.5 Å². The number of imide groups is 1. The summed E-state index contributed by atoms with van der Waals surface area (Å²) in [6.07, 6.45) is 1.59. The lowest BCUT2D eigenvalue weighted by atomic mass is 10.2. The average molecular weight is 466 g/mol. The van der Waals surface area contributed by atoms with Gasteiger partial charge >= 0.3 is 5.97 Å². The van der Waals surface area contributed by atoms with Crippen LogP contribution in [0.25, 0.3) is 6.08 Å². The Bertz CT molecular complexity index is 1010. The van der Waals surface area contributed by atoms with Crippen LogP contribution in [0.3, 0.4) is 0 Å². The fourth-order valence-corrected chi connectivity index (χ4v) is 3.88. The highest BCUT2D eigenvalue weighted by atomic mass is 35.5. The molecule has 0 aliphatic carbocycles. The molecule has 0 radical (unpaired) electrons. The van der Waals surface area contributed by atoms with Gasteiger partial charge in [-0.2, -0.15) is 0 Å². The minimum absolute atomic E-state index is 0.184. The molecule has 30 heavy (non-hydrogen) atoms. The van der Waals surface area contributed by atoms with Gasteiger partial charge in [0, 0.05) is 15.6 Å². The summed E-state index contributed by atoms with van der Waals surface area (Å²) < 4.78 is 10.5. The Balaban J connectivity index is 1.63. The molecular formula is C21H17Cl2NO5S. The number of carbonyl (C=O) groups is 3. The zero-order valence-corrected chi connectivity index (χ0v) is 18.2. The van der Waals surface area contributed by atoms with Gasteiger partial charge in [-0.05, 0) is 54.6 Å². The third-order valence-corrected chi connectivity index (χ3v) is 5.55. The van der Waals surface area contributed by atoms with E-state index in [0.717, 1.165) is 22.2 Å². The number of thioether (sulfide) groups is 1. The van der Waals surface area contributed by atoms with E-state index in [1.807, 2.05) is 0 Å². The molecule has 0 atom stereocenters. The summed E-state index contributed by atoms with van der Waals surface area (Å²) in [4.78, 5) is 37.1. The molecule has 2 aromatic carbocycles. The summed E-state index contributed by atoms with van der Waals surface area (Å²) in [5, 5.41) is 0.580. The van der Waals surface area contributed by atoms with Crippen LogP contribution in [0.4, 0.5) is 4.79 Å². The summed E-state index contributed by atoms with van der Waals surface area (Å²) in [6, 6.07) is 12.2. The normalized spacial score (nSPS) is 15.0. The van der Waals surface area contributed by atoms with E-state index >= 15 is 0 Å². The van der Waals surface area contributed by atoms with Crippen LogP contribution in [-0.4, -0.2) is 35.2 Å². The fourth-order valence-electron chi connectivity index (χ4n) is 2.58. The third-order valence-electron chi connectivity index (χ3n) is 4.05. The van der Waals surface area contributed by atoms with Gasteiger partial charge in [-0.3, -0.25) is 19.3 Å². The highest BCUT2D eigenvalue weighted by molar-refractivity contribution is 8.18. The second-order valence-corrected chi connectivity index (χ2v) is 8.00. The van der Waals surface area contributed by atoms with Gasteiger partial charge in [0.05, 0.1) is 11.5 Å². The SMILES string of the molecule is CCOC(=O)CN1C(=O)S/C(=C\c2ccc(OCc3ccc(Cl)cc3Cl)cc2)C1=O. The van der Waals surface area contributed by atoms with Crippen LogP contribution in [-0.2, 0) is 20.9 Å². The molecule has 9 heteroatoms. The summed E-state index contributed by atoms with van der Waals surface area (Å²) in [7, 11) is 0. The van der Waals surface area contributed by atoms with Crippen molar-refractivity contribution in [2.75, 3.05) is 13.2 Å². The van der Waals surface area contributed by atoms with Crippen molar-refractivity contribution >= 4 is 58.2 Å². The van der Waals surface area contributed by atoms with Crippen molar-refractivity contribution in [3.63, 3.8) is 0 Å². The van der Waals surface area contributed by atoms with Crippen LogP contribution in [0.1, 0.15) is 18.1 Å². The molecule has 1 fully saturated rings. The van der Waals surface area contributed by atoms with Gasteiger partial charge in [-0.1, -0.05) is 41.4 Å². The number of hydrogen-bond donors (Lipinski definition) is 0. The maximum atomic E-state index is 12.4. The van der Waals surface area contributed by atoms with Gasteiger partial charge in [-0.15, -0.1) is 0 Å². The van der Waals surface area contributed by atoms with Crippen LogP contribution < -0.4 is 4.74 Å². The summed E-state index contributed by atoms with van der Waals surface area (Å²) in [5.41, 5.74) is 1.52. The van der Waals surface area contributed by atoms with Crippen molar-refractivity contribution in [3.05, 3.63) is 68.5 Å². The van der Waals surface area contributed by atoms with E-state index in [4.69, 9.17) is 32.7 Å². The molecule has 1 saturated heterocycles. The van der Waals surface area contributed by atoms with Gasteiger partial charge < -0.3 is 9.47 Å². The number of carbonyl (C=O) groups excluding carboxylic acids is 3. The van der Waals surface area contributed by atoms with Crippen LogP contribution in [0.5, 0.6) is 5.75 Å². The van der Waals surface area contributed by atoms with Crippen molar-refractivity contribution < 1.29 is 23.9 Å². The molecule has 2 amide bonds. The first-order valence-electron chi connectivity index (χ1n) is 8.95. The highest BCUT2D eigenvalue weighted by Crippen LogP contribution is 2.32. The molecule has 0 unspecified atom stereocenters. The first-order valence-corrected chi connectivity index (χ1v) is 10.5. The third kappa shape index (κ3) is 5.56. The molecule has 1 aliphatic rings. The second-order valence-electron chi connectivity index (χ2n) is 6.17. The Hall–Kier alpha value is -2.48. The highest BCUT2D eigenvalue weighted by Gasteiger charge is 2.36. The lowest BCUT2D eigenvalue weighted by Crippen LogP contribution is -2.34. The van der Waals surface area contributed by atoms with Crippen LogP contribution in [0.15, 0.2) is 47.4 Å². The lowest BCUT2D eigenvalue weighted by Gasteiger charge is -2.10. The Morgan fingerprint density at radius 1 is 1.13 bits per heavy atom. The Morgan fingerprint density at radius 2 is 1.87 bits per heavy atom. The molecule has 0 spiro atoms. The number of esters is 1. The van der Waals surface area contributed by atoms with Gasteiger partial charge in [0.25, 0.3) is 11.1 Å². The summed E-state index contributed by atoms with van der Waals surface area (Å²) >= 11 is 12.8. The molecule has 3 rings (SSSR count). The standard InChI is InChI=1S/C21H17Cl2NO5S/c1-2-28-19(25)11-24-20(26)18(30-21(24)27)9-13-3-7-16(8-4-13)29-12-14-5-6-15(22)10-17(14)23/h3-10H,2,11-12H2,1H3/b18-9-. The minimum atomic E-state index is -0.622. The van der Waals surface area contributed by atoms with Crippen LogP contribution in [0.2, 0.25) is 10.0 Å². The van der Waals surface area contributed by atoms with E-state index in [2.05, 4.69) is 0 Å². The number of hydrogen-bond acceptors (Lipinski definition) is 6. The van der Waals surface area contributed by atoms with Crippen molar-refractivity contribution in [3.8, 4) is 5.75 Å². The number of benzene rings is 2. The molecule has 0 aromatic heterocycles. The van der Waals surface area contributed by atoms with Crippen LogP contribution >= 0.6 is 35.0 Å². The number of halogens is 2. The van der Waals surface area contributed by atoms with E-state index in [-0.39, 0.29) is 18.1 Å². The lowest BCUT2D eigenvalue weighted by molar-refractivity contribution is -0.145. The molecule has 0 N–H and O–H groups in total. The van der Waals surface area contributed by atoms with Crippen molar-refractivity contribution in [2.24, 2.45) is 0 Å². The Labute approximate surface area is 187 Å². The van der Waals surface area contributed by atoms with Crippen LogP contribution in [0, 0.1) is 0 Å². The zero-order chi connectivity index (χ0) is 21.7. The van der Waals surface area contributed by atoms with Crippen molar-refractivity contribution in [2.45, 2.75) is 13.5 Å². The van der Waals surface area contributed by atoms with Crippen molar-refractivity contribution in [1.29, 1.82) is 0 Å². The molecule has 0 saturated carbocycles. The quantitative estimate of drug-likeness (QED) is 0.414. The fraction of sp³-hybridized carbons (Fsp3) is 0.190. The number of ether oxygens (including phenoxy) is 2. The van der Waals surface area contributed by atoms with Gasteiger partial charge in [0.2, 0.25) is 0 Å². The van der Waals surface area contributed by atoms with E-state index in [9.17, 15) is 14.4 Å². The topological polar surface area (TPSA) is 72.9 Å². The maximum absolute atomic E-state index is 12.4. The second kappa shape index (κ2) is 10.0. The number of rotatable bonds is 7. The predicted octanol–water partition coefficient (Wildman–Crippen LogP) is 5.17. The first-order chi connectivity index (χ1) is 14.4. The molecule has 6 nitrogen and oxygen atoms in total. The Morgan fingerprint density at radius 3 is 2.53 bits per heavy atom. The van der Waals surface area contributed by atoms with Gasteiger partial charge in [0.1, 0.15) is 18.9 Å². The minimum Gasteiger partial charge on any atom is -0.489 e. The largest absolute Gasteiger partial charge is 0.489 e. The monoisotopic (exact) mass is 465 g/mol. The Kier molecular flexibility index (Phi) is 7.42. The van der Waals surface area contributed by atoms with Gasteiger partial charge in [0.15, 0.2) is 0 Å². The molecule has 1 aliphatic heterocycles. The number of amides is 2. The molecule has 2 aromatic rings.